The Morgan fingerprint density at radius 1 is 1.22 bits per heavy atom. The topological polar surface area (TPSA) is 132 Å². The second-order valence-electron chi connectivity index (χ2n) is 10.8. The molecule has 1 aliphatic carbocycles. The summed E-state index contributed by atoms with van der Waals surface area (Å²) in [6, 6.07) is 10.3. The fourth-order valence-electron chi connectivity index (χ4n) is 4.79. The van der Waals surface area contributed by atoms with Gasteiger partial charge in [0.2, 0.25) is 0 Å². The molecule has 3 N–H and O–H groups in total. The van der Waals surface area contributed by atoms with Crippen LogP contribution in [0, 0.1) is 12.1 Å². The summed E-state index contributed by atoms with van der Waals surface area (Å²) in [6.45, 7) is 6.82. The number of amides is 1. The van der Waals surface area contributed by atoms with Gasteiger partial charge in [-0.2, -0.15) is 14.9 Å². The number of anilines is 1. The first-order valence-corrected chi connectivity index (χ1v) is 12.5. The van der Waals surface area contributed by atoms with Crippen LogP contribution in [0.5, 0.6) is 0 Å². The number of nitrogens with one attached hydrogen (secondary N) is 1. The van der Waals surface area contributed by atoms with Gasteiger partial charge in [-0.1, -0.05) is 0 Å². The van der Waals surface area contributed by atoms with Crippen molar-refractivity contribution in [3.63, 3.8) is 0 Å². The number of aryl methyl sites for hydroxylation is 1. The molecule has 194 valence electrons. The summed E-state index contributed by atoms with van der Waals surface area (Å²) in [5.74, 6) is -0.545. The highest BCUT2D eigenvalue weighted by molar-refractivity contribution is 6.04. The molecule has 0 bridgehead atoms. The molecule has 1 amide bonds. The van der Waals surface area contributed by atoms with Crippen LogP contribution in [0.1, 0.15) is 74.4 Å². The zero-order valence-corrected chi connectivity index (χ0v) is 21.5. The van der Waals surface area contributed by atoms with Gasteiger partial charge in [0, 0.05) is 36.8 Å². The van der Waals surface area contributed by atoms with Gasteiger partial charge < -0.3 is 20.7 Å². The minimum Gasteiger partial charge on any atom is -0.618 e. The van der Waals surface area contributed by atoms with Crippen LogP contribution in [0.4, 0.5) is 5.69 Å². The fraction of sp³-hybridized carbons (Fsp3) is 0.407. The van der Waals surface area contributed by atoms with Gasteiger partial charge in [0.25, 0.3) is 5.69 Å². The van der Waals surface area contributed by atoms with Gasteiger partial charge in [0.15, 0.2) is 5.69 Å². The SMILES string of the molecule is Cc1cccc(C(=O)Nc2cc3cn(C4CCC(C)(O)CC4)nc3cc2-n2ccc(C(C)(C)O)n2)[n+]1[O-]. The molecule has 1 aliphatic rings. The minimum atomic E-state index is -1.14. The first kappa shape index (κ1) is 24.9. The van der Waals surface area contributed by atoms with Gasteiger partial charge >= 0.3 is 5.91 Å². The van der Waals surface area contributed by atoms with Crippen LogP contribution in [0.15, 0.2) is 48.8 Å². The molecule has 1 saturated carbocycles. The van der Waals surface area contributed by atoms with Crippen molar-refractivity contribution in [3.05, 3.63) is 71.1 Å². The number of carbonyl (C=O) groups is 1. The average Bonchev–Trinajstić information content (AvgIpc) is 3.47. The maximum Gasteiger partial charge on any atom is 0.321 e. The molecule has 1 aromatic carbocycles. The van der Waals surface area contributed by atoms with Crippen LogP contribution in [0.25, 0.3) is 16.6 Å². The molecule has 0 unspecified atom stereocenters. The molecule has 3 aromatic heterocycles. The second-order valence-corrected chi connectivity index (χ2v) is 10.8. The van der Waals surface area contributed by atoms with Gasteiger partial charge in [-0.3, -0.25) is 9.48 Å². The fourth-order valence-corrected chi connectivity index (χ4v) is 4.79. The Kier molecular flexibility index (Phi) is 6.04. The predicted molar refractivity (Wildman–Crippen MR) is 138 cm³/mol. The van der Waals surface area contributed by atoms with Crippen molar-refractivity contribution in [3.8, 4) is 5.69 Å². The smallest absolute Gasteiger partial charge is 0.321 e. The van der Waals surface area contributed by atoms with Crippen LogP contribution < -0.4 is 10.0 Å². The molecule has 4 aromatic rings. The molecule has 0 atom stereocenters. The van der Waals surface area contributed by atoms with Crippen molar-refractivity contribution < 1.29 is 19.7 Å². The highest BCUT2D eigenvalue weighted by atomic mass is 16.5. The number of benzene rings is 1. The zero-order valence-electron chi connectivity index (χ0n) is 21.5. The van der Waals surface area contributed by atoms with E-state index in [0.717, 1.165) is 23.7 Å². The number of aliphatic hydroxyl groups is 2. The summed E-state index contributed by atoms with van der Waals surface area (Å²) in [6.07, 6.45) is 6.72. The summed E-state index contributed by atoms with van der Waals surface area (Å²) >= 11 is 0. The van der Waals surface area contributed by atoms with E-state index in [4.69, 9.17) is 5.10 Å². The third-order valence-electron chi connectivity index (χ3n) is 7.12. The van der Waals surface area contributed by atoms with E-state index in [-0.39, 0.29) is 11.7 Å². The van der Waals surface area contributed by atoms with E-state index in [1.54, 1.807) is 49.8 Å². The van der Waals surface area contributed by atoms with E-state index in [1.807, 2.05) is 29.9 Å². The lowest BCUT2D eigenvalue weighted by Crippen LogP contribution is -2.39. The largest absolute Gasteiger partial charge is 0.618 e. The summed E-state index contributed by atoms with van der Waals surface area (Å²) < 4.78 is 4.12. The maximum atomic E-state index is 13.1. The number of aromatic nitrogens is 5. The monoisotopic (exact) mass is 504 g/mol. The predicted octanol–water partition coefficient (Wildman–Crippen LogP) is 3.51. The molecule has 0 saturated heterocycles. The Bertz CT molecular complexity index is 1470. The number of hydrogen-bond acceptors (Lipinski definition) is 6. The number of rotatable bonds is 5. The Balaban J connectivity index is 1.56. The van der Waals surface area contributed by atoms with E-state index >= 15 is 0 Å². The second kappa shape index (κ2) is 8.97. The Hall–Kier alpha value is -3.76. The summed E-state index contributed by atoms with van der Waals surface area (Å²) in [5, 5.41) is 46.3. The van der Waals surface area contributed by atoms with Crippen LogP contribution in [-0.2, 0) is 5.60 Å². The maximum absolute atomic E-state index is 13.1. The molecular formula is C27H32N6O4. The molecule has 10 nitrogen and oxygen atoms in total. The summed E-state index contributed by atoms with van der Waals surface area (Å²) in [4.78, 5) is 13.1. The van der Waals surface area contributed by atoms with Gasteiger partial charge in [-0.25, -0.2) is 4.68 Å². The Labute approximate surface area is 214 Å². The number of fused-ring (bicyclic) bond motifs is 1. The molecule has 5 rings (SSSR count). The standard InChI is InChI=1S/C27H32N6O4/c1-17-6-5-7-22(33(17)37)25(34)28-21-14-18-16-32(19-8-11-27(4,36)12-9-19)29-20(18)15-23(21)31-13-10-24(30-31)26(2,3)35/h5-7,10,13-16,19,35-36H,8-9,11-12H2,1-4H3,(H,28,34). The molecule has 1 fully saturated rings. The van der Waals surface area contributed by atoms with E-state index in [1.165, 1.54) is 6.07 Å². The normalized spacial score (nSPS) is 20.3. The van der Waals surface area contributed by atoms with E-state index < -0.39 is 17.1 Å². The lowest BCUT2D eigenvalue weighted by molar-refractivity contribution is -0.614. The van der Waals surface area contributed by atoms with Crippen LogP contribution in [-0.4, -0.2) is 41.3 Å². The Morgan fingerprint density at radius 2 is 1.95 bits per heavy atom. The average molecular weight is 505 g/mol. The van der Waals surface area contributed by atoms with Crippen molar-refractivity contribution in [1.29, 1.82) is 0 Å². The van der Waals surface area contributed by atoms with Crippen LogP contribution in [0.3, 0.4) is 0 Å². The van der Waals surface area contributed by atoms with E-state index in [2.05, 4.69) is 10.4 Å². The zero-order chi connectivity index (χ0) is 26.5. The first-order chi connectivity index (χ1) is 17.4. The quantitative estimate of drug-likeness (QED) is 0.281. The molecule has 3 heterocycles. The van der Waals surface area contributed by atoms with Crippen molar-refractivity contribution >= 4 is 22.5 Å². The molecule has 37 heavy (non-hydrogen) atoms. The summed E-state index contributed by atoms with van der Waals surface area (Å²) in [7, 11) is 0. The molecule has 0 spiro atoms. The van der Waals surface area contributed by atoms with Gasteiger partial charge in [0.05, 0.1) is 34.2 Å². The van der Waals surface area contributed by atoms with Crippen molar-refractivity contribution in [2.24, 2.45) is 0 Å². The van der Waals surface area contributed by atoms with Crippen molar-refractivity contribution in [2.75, 3.05) is 5.32 Å². The molecule has 10 heteroatoms. The molecule has 0 radical (unpaired) electrons. The molecular weight excluding hydrogens is 472 g/mol. The third-order valence-corrected chi connectivity index (χ3v) is 7.12. The number of carbonyl (C=O) groups excluding carboxylic acids is 1. The van der Waals surface area contributed by atoms with E-state index in [9.17, 15) is 20.2 Å². The first-order valence-electron chi connectivity index (χ1n) is 12.5. The highest BCUT2D eigenvalue weighted by Crippen LogP contribution is 2.36. The Morgan fingerprint density at radius 3 is 2.62 bits per heavy atom. The lowest BCUT2D eigenvalue weighted by Gasteiger charge is -2.33. The lowest BCUT2D eigenvalue weighted by atomic mass is 9.84. The minimum absolute atomic E-state index is 0.0198. The molecule has 0 aliphatic heterocycles. The van der Waals surface area contributed by atoms with Crippen molar-refractivity contribution in [2.45, 2.75) is 70.6 Å². The van der Waals surface area contributed by atoms with Crippen molar-refractivity contribution in [1.82, 2.24) is 19.6 Å². The third kappa shape index (κ3) is 4.94. The summed E-state index contributed by atoms with van der Waals surface area (Å²) in [5.41, 5.74) is 0.819. The number of pyridine rings is 1. The van der Waals surface area contributed by atoms with Crippen LogP contribution in [0.2, 0.25) is 0 Å². The van der Waals surface area contributed by atoms with Gasteiger partial charge in [-0.05, 0) is 70.7 Å². The van der Waals surface area contributed by atoms with Gasteiger partial charge in [0.1, 0.15) is 5.60 Å². The number of nitrogens with zero attached hydrogens (tertiary/aromatic N) is 5. The van der Waals surface area contributed by atoms with Crippen LogP contribution >= 0.6 is 0 Å². The van der Waals surface area contributed by atoms with E-state index in [0.29, 0.717) is 40.3 Å². The number of hydrogen-bond donors (Lipinski definition) is 3. The highest BCUT2D eigenvalue weighted by Gasteiger charge is 2.30. The van der Waals surface area contributed by atoms with Gasteiger partial charge in [-0.15, -0.1) is 0 Å².